The van der Waals surface area contributed by atoms with E-state index >= 15 is 0 Å². The highest BCUT2D eigenvalue weighted by molar-refractivity contribution is 5.76. The second kappa shape index (κ2) is 5.84. The van der Waals surface area contributed by atoms with Gasteiger partial charge in [-0.1, -0.05) is 12.1 Å². The van der Waals surface area contributed by atoms with Crippen LogP contribution in [0.1, 0.15) is 11.5 Å². The summed E-state index contributed by atoms with van der Waals surface area (Å²) in [6.07, 6.45) is 0. The van der Waals surface area contributed by atoms with Crippen LogP contribution in [0, 0.1) is 0 Å². The number of phenols is 1. The Balaban J connectivity index is 2.10. The lowest BCUT2D eigenvalue weighted by Gasteiger charge is -2.29. The normalized spacial score (nSPS) is 18.4. The zero-order chi connectivity index (χ0) is 13.0. The van der Waals surface area contributed by atoms with E-state index in [9.17, 15) is 15.0 Å². The van der Waals surface area contributed by atoms with E-state index in [0.29, 0.717) is 12.1 Å². The van der Waals surface area contributed by atoms with Crippen molar-refractivity contribution in [2.24, 2.45) is 0 Å². The smallest absolute Gasteiger partial charge is 0.312 e. The maximum absolute atomic E-state index is 11.4. The Bertz CT molecular complexity index is 416. The van der Waals surface area contributed by atoms with E-state index in [0.717, 1.165) is 26.2 Å². The third-order valence-corrected chi connectivity index (χ3v) is 3.22. The van der Waals surface area contributed by atoms with Gasteiger partial charge < -0.3 is 15.5 Å². The summed E-state index contributed by atoms with van der Waals surface area (Å²) in [5.41, 5.74) is 0.654. The summed E-state index contributed by atoms with van der Waals surface area (Å²) in [6, 6.07) is 6.51. The highest BCUT2D eigenvalue weighted by Crippen LogP contribution is 2.21. The van der Waals surface area contributed by atoms with Crippen LogP contribution in [0.3, 0.4) is 0 Å². The summed E-state index contributed by atoms with van der Waals surface area (Å²) in [5, 5.41) is 22.0. The van der Waals surface area contributed by atoms with Gasteiger partial charge in [-0.05, 0) is 17.7 Å². The van der Waals surface area contributed by atoms with Crippen molar-refractivity contribution in [3.8, 4) is 5.75 Å². The van der Waals surface area contributed by atoms with Gasteiger partial charge in [0, 0.05) is 32.7 Å². The molecule has 98 valence electrons. The molecule has 0 spiro atoms. The summed E-state index contributed by atoms with van der Waals surface area (Å²) >= 11 is 0. The Hall–Kier alpha value is -1.59. The van der Waals surface area contributed by atoms with Crippen molar-refractivity contribution in [1.29, 1.82) is 0 Å². The van der Waals surface area contributed by atoms with Crippen LogP contribution < -0.4 is 5.32 Å². The molecule has 0 bridgehead atoms. The van der Waals surface area contributed by atoms with E-state index in [-0.39, 0.29) is 5.75 Å². The summed E-state index contributed by atoms with van der Waals surface area (Å²) in [5.74, 6) is -1.33. The van der Waals surface area contributed by atoms with Gasteiger partial charge in [-0.15, -0.1) is 0 Å². The van der Waals surface area contributed by atoms with Gasteiger partial charge in [-0.2, -0.15) is 0 Å². The molecule has 3 N–H and O–H groups in total. The number of piperazine rings is 1. The Kier molecular flexibility index (Phi) is 4.17. The van der Waals surface area contributed by atoms with E-state index in [1.807, 2.05) is 0 Å². The van der Waals surface area contributed by atoms with Crippen molar-refractivity contribution < 1.29 is 15.0 Å². The fraction of sp³-hybridized carbons (Fsp3) is 0.462. The number of hydrogen-bond acceptors (Lipinski definition) is 4. The Labute approximate surface area is 106 Å². The number of carbonyl (C=O) groups is 1. The highest BCUT2D eigenvalue weighted by Gasteiger charge is 2.24. The fourth-order valence-electron chi connectivity index (χ4n) is 2.22. The van der Waals surface area contributed by atoms with E-state index in [2.05, 4.69) is 10.2 Å². The SMILES string of the molecule is O=C(O)C(CN1CCNCC1)c1cccc(O)c1. The number of aliphatic carboxylic acids is 1. The molecule has 5 heteroatoms. The number of phenolic OH excluding ortho intramolecular Hbond substituents is 1. The third kappa shape index (κ3) is 3.21. The molecule has 1 aromatic carbocycles. The first kappa shape index (κ1) is 12.9. The first-order valence-electron chi connectivity index (χ1n) is 6.11. The van der Waals surface area contributed by atoms with Crippen LogP contribution in [0.2, 0.25) is 0 Å². The molecule has 1 heterocycles. The minimum Gasteiger partial charge on any atom is -0.508 e. The summed E-state index contributed by atoms with van der Waals surface area (Å²) < 4.78 is 0. The standard InChI is InChI=1S/C13H18N2O3/c16-11-3-1-2-10(8-11)12(13(17)18)9-15-6-4-14-5-7-15/h1-3,8,12,14,16H,4-7,9H2,(H,17,18). The zero-order valence-corrected chi connectivity index (χ0v) is 10.2. The molecule has 1 saturated heterocycles. The molecular formula is C13H18N2O3. The molecule has 0 amide bonds. The predicted octanol–water partition coefficient (Wildman–Crippen LogP) is 0.466. The molecule has 1 aliphatic rings. The molecule has 1 unspecified atom stereocenters. The Morgan fingerprint density at radius 1 is 1.39 bits per heavy atom. The number of carboxylic acid groups (broad SMARTS) is 1. The van der Waals surface area contributed by atoms with Gasteiger partial charge in [0.25, 0.3) is 0 Å². The average Bonchev–Trinajstić information content (AvgIpc) is 2.37. The first-order chi connectivity index (χ1) is 8.66. The summed E-state index contributed by atoms with van der Waals surface area (Å²) in [7, 11) is 0. The van der Waals surface area contributed by atoms with Crippen LogP contribution in [0.15, 0.2) is 24.3 Å². The number of nitrogens with zero attached hydrogens (tertiary/aromatic N) is 1. The largest absolute Gasteiger partial charge is 0.508 e. The second-order valence-electron chi connectivity index (χ2n) is 4.54. The van der Waals surface area contributed by atoms with Gasteiger partial charge >= 0.3 is 5.97 Å². The van der Waals surface area contributed by atoms with Crippen LogP contribution in [0.5, 0.6) is 5.75 Å². The number of nitrogens with one attached hydrogen (secondary N) is 1. The van der Waals surface area contributed by atoms with Gasteiger partial charge in [0.15, 0.2) is 0 Å². The average molecular weight is 250 g/mol. The van der Waals surface area contributed by atoms with Gasteiger partial charge in [0.1, 0.15) is 5.75 Å². The van der Waals surface area contributed by atoms with E-state index in [4.69, 9.17) is 0 Å². The molecule has 2 rings (SSSR count). The summed E-state index contributed by atoms with van der Waals surface area (Å²) in [6.45, 7) is 4.00. The maximum Gasteiger partial charge on any atom is 0.312 e. The number of hydrogen-bond donors (Lipinski definition) is 3. The number of aromatic hydroxyl groups is 1. The van der Waals surface area contributed by atoms with Crippen molar-refractivity contribution in [3.05, 3.63) is 29.8 Å². The Morgan fingerprint density at radius 2 is 2.11 bits per heavy atom. The lowest BCUT2D eigenvalue weighted by molar-refractivity contribution is -0.139. The molecular weight excluding hydrogens is 232 g/mol. The Morgan fingerprint density at radius 3 is 2.72 bits per heavy atom. The van der Waals surface area contributed by atoms with Crippen molar-refractivity contribution in [1.82, 2.24) is 10.2 Å². The van der Waals surface area contributed by atoms with Crippen molar-refractivity contribution in [2.75, 3.05) is 32.7 Å². The van der Waals surface area contributed by atoms with Crippen LogP contribution in [0.4, 0.5) is 0 Å². The van der Waals surface area contributed by atoms with Crippen molar-refractivity contribution in [3.63, 3.8) is 0 Å². The van der Waals surface area contributed by atoms with Gasteiger partial charge in [-0.25, -0.2) is 0 Å². The molecule has 1 aromatic rings. The lowest BCUT2D eigenvalue weighted by Crippen LogP contribution is -2.45. The molecule has 0 aliphatic carbocycles. The molecule has 18 heavy (non-hydrogen) atoms. The molecule has 0 saturated carbocycles. The van der Waals surface area contributed by atoms with Gasteiger partial charge in [0.2, 0.25) is 0 Å². The quantitative estimate of drug-likeness (QED) is 0.724. The molecule has 5 nitrogen and oxygen atoms in total. The first-order valence-corrected chi connectivity index (χ1v) is 6.11. The van der Waals surface area contributed by atoms with Crippen LogP contribution in [-0.2, 0) is 4.79 Å². The lowest BCUT2D eigenvalue weighted by atomic mass is 9.98. The predicted molar refractivity (Wildman–Crippen MR) is 67.8 cm³/mol. The van der Waals surface area contributed by atoms with Crippen LogP contribution in [-0.4, -0.2) is 53.8 Å². The van der Waals surface area contributed by atoms with E-state index in [1.54, 1.807) is 18.2 Å². The molecule has 1 fully saturated rings. The van der Waals surface area contributed by atoms with Gasteiger partial charge in [0.05, 0.1) is 5.92 Å². The molecule has 0 radical (unpaired) electrons. The third-order valence-electron chi connectivity index (χ3n) is 3.22. The van der Waals surface area contributed by atoms with E-state index in [1.165, 1.54) is 6.07 Å². The maximum atomic E-state index is 11.4. The monoisotopic (exact) mass is 250 g/mol. The topological polar surface area (TPSA) is 72.8 Å². The van der Waals surface area contributed by atoms with Gasteiger partial charge in [-0.3, -0.25) is 9.69 Å². The fourth-order valence-corrected chi connectivity index (χ4v) is 2.22. The number of benzene rings is 1. The molecule has 1 aliphatic heterocycles. The number of carboxylic acids is 1. The van der Waals surface area contributed by atoms with E-state index < -0.39 is 11.9 Å². The van der Waals surface area contributed by atoms with Crippen LogP contribution >= 0.6 is 0 Å². The van der Waals surface area contributed by atoms with Crippen molar-refractivity contribution in [2.45, 2.75) is 5.92 Å². The molecule has 1 atom stereocenters. The minimum atomic E-state index is -0.848. The van der Waals surface area contributed by atoms with Crippen LogP contribution in [0.25, 0.3) is 0 Å². The zero-order valence-electron chi connectivity index (χ0n) is 10.2. The molecule has 0 aromatic heterocycles. The summed E-state index contributed by atoms with van der Waals surface area (Å²) in [4.78, 5) is 13.5. The second-order valence-corrected chi connectivity index (χ2v) is 4.54. The highest BCUT2D eigenvalue weighted by atomic mass is 16.4. The minimum absolute atomic E-state index is 0.110. The number of rotatable bonds is 4. The van der Waals surface area contributed by atoms with Crippen molar-refractivity contribution >= 4 is 5.97 Å².